The minimum absolute atomic E-state index is 0.0357. The standard InChI is InChI=1S/C30H52O2/c1-9-28(31)32-25-15-17-30(8)24(19-25)13-14-26-23(6)29(7,18-16-27(26)30)22(5)21(4)12-10-11-20(2)3/h13,20-23,25-27H,9-12,14-19H2,1-8H3. The van der Waals surface area contributed by atoms with Crippen LogP contribution in [0.15, 0.2) is 11.6 Å². The molecule has 0 N–H and O–H groups in total. The first-order chi connectivity index (χ1) is 15.0. The van der Waals surface area contributed by atoms with Gasteiger partial charge in [-0.05, 0) is 78.4 Å². The molecule has 2 fully saturated rings. The molecule has 2 saturated carbocycles. The van der Waals surface area contributed by atoms with Crippen LogP contribution < -0.4 is 0 Å². The van der Waals surface area contributed by atoms with E-state index in [0.29, 0.717) is 17.3 Å². The van der Waals surface area contributed by atoms with Crippen molar-refractivity contribution in [2.24, 2.45) is 46.3 Å². The van der Waals surface area contributed by atoms with Gasteiger partial charge < -0.3 is 4.74 Å². The summed E-state index contributed by atoms with van der Waals surface area (Å²) in [6.45, 7) is 19.4. The third-order valence-corrected chi connectivity index (χ3v) is 10.7. The molecule has 3 aliphatic rings. The van der Waals surface area contributed by atoms with Crippen LogP contribution in [0.5, 0.6) is 0 Å². The fourth-order valence-electron chi connectivity index (χ4n) is 7.89. The lowest BCUT2D eigenvalue weighted by molar-refractivity contribution is -0.151. The van der Waals surface area contributed by atoms with Crippen LogP contribution in [0.25, 0.3) is 0 Å². The van der Waals surface area contributed by atoms with Crippen LogP contribution in [0.2, 0.25) is 0 Å². The second-order valence-corrected chi connectivity index (χ2v) is 12.8. The number of carbonyl (C=O) groups is 1. The average Bonchev–Trinajstić information content (AvgIpc) is 2.75. The summed E-state index contributed by atoms with van der Waals surface area (Å²) in [6, 6.07) is 0. The Bertz CT molecular complexity index is 678. The largest absolute Gasteiger partial charge is 0.462 e. The molecule has 3 aliphatic carbocycles. The van der Waals surface area contributed by atoms with E-state index in [2.05, 4.69) is 54.5 Å². The number of hydrogen-bond acceptors (Lipinski definition) is 2. The van der Waals surface area contributed by atoms with Gasteiger partial charge in [0.2, 0.25) is 0 Å². The average molecular weight is 445 g/mol. The number of carbonyl (C=O) groups excluding carboxylic acids is 1. The Labute approximate surface area is 199 Å². The SMILES string of the molecule is CCC(=O)OC1CCC2(C)C(=CCC3C2CCC(C)(C(C)C(C)CCCC(C)C)C3C)C1. The van der Waals surface area contributed by atoms with Crippen molar-refractivity contribution in [3.8, 4) is 0 Å². The zero-order valence-corrected chi connectivity index (χ0v) is 22.5. The maximum atomic E-state index is 11.8. The Morgan fingerprint density at radius 1 is 1.12 bits per heavy atom. The van der Waals surface area contributed by atoms with Gasteiger partial charge >= 0.3 is 5.97 Å². The van der Waals surface area contributed by atoms with E-state index < -0.39 is 0 Å². The van der Waals surface area contributed by atoms with Crippen molar-refractivity contribution in [1.82, 2.24) is 0 Å². The monoisotopic (exact) mass is 444 g/mol. The molecule has 0 aliphatic heterocycles. The second kappa shape index (κ2) is 10.2. The summed E-state index contributed by atoms with van der Waals surface area (Å²) < 4.78 is 5.75. The van der Waals surface area contributed by atoms with Gasteiger partial charge in [0, 0.05) is 12.8 Å². The predicted octanol–water partition coefficient (Wildman–Crippen LogP) is 8.60. The van der Waals surface area contributed by atoms with Crippen LogP contribution in [0.3, 0.4) is 0 Å². The summed E-state index contributed by atoms with van der Waals surface area (Å²) in [5.74, 6) is 4.77. The lowest BCUT2D eigenvalue weighted by Gasteiger charge is -2.60. The highest BCUT2D eigenvalue weighted by Gasteiger charge is 2.55. The van der Waals surface area contributed by atoms with Gasteiger partial charge in [-0.1, -0.05) is 86.3 Å². The van der Waals surface area contributed by atoms with E-state index in [1.807, 2.05) is 6.92 Å². The Morgan fingerprint density at radius 3 is 2.50 bits per heavy atom. The molecule has 32 heavy (non-hydrogen) atoms. The summed E-state index contributed by atoms with van der Waals surface area (Å²) in [7, 11) is 0. The van der Waals surface area contributed by atoms with Crippen LogP contribution in [-0.2, 0) is 9.53 Å². The highest BCUT2D eigenvalue weighted by molar-refractivity contribution is 5.69. The van der Waals surface area contributed by atoms with Crippen molar-refractivity contribution in [3.05, 3.63) is 11.6 Å². The first kappa shape index (κ1) is 25.8. The summed E-state index contributed by atoms with van der Waals surface area (Å²) in [5, 5.41) is 0. The number of esters is 1. The zero-order valence-electron chi connectivity index (χ0n) is 22.5. The molecule has 8 unspecified atom stereocenters. The predicted molar refractivity (Wildman–Crippen MR) is 135 cm³/mol. The molecule has 2 nitrogen and oxygen atoms in total. The molecule has 2 heteroatoms. The van der Waals surface area contributed by atoms with Crippen molar-refractivity contribution in [2.75, 3.05) is 0 Å². The normalized spacial score (nSPS) is 39.0. The molecule has 0 saturated heterocycles. The smallest absolute Gasteiger partial charge is 0.305 e. The van der Waals surface area contributed by atoms with Gasteiger partial charge in [0.25, 0.3) is 0 Å². The van der Waals surface area contributed by atoms with Crippen LogP contribution in [-0.4, -0.2) is 12.1 Å². The maximum absolute atomic E-state index is 11.8. The van der Waals surface area contributed by atoms with E-state index in [4.69, 9.17) is 4.74 Å². The van der Waals surface area contributed by atoms with E-state index in [0.717, 1.165) is 48.3 Å². The molecule has 0 bridgehead atoms. The fourth-order valence-corrected chi connectivity index (χ4v) is 7.89. The van der Waals surface area contributed by atoms with Gasteiger partial charge in [-0.2, -0.15) is 0 Å². The summed E-state index contributed by atoms with van der Waals surface area (Å²) in [4.78, 5) is 11.8. The van der Waals surface area contributed by atoms with Crippen LogP contribution in [0.4, 0.5) is 0 Å². The van der Waals surface area contributed by atoms with Crippen molar-refractivity contribution < 1.29 is 9.53 Å². The van der Waals surface area contributed by atoms with Crippen molar-refractivity contribution in [2.45, 2.75) is 126 Å². The van der Waals surface area contributed by atoms with Crippen molar-refractivity contribution in [1.29, 1.82) is 0 Å². The quantitative estimate of drug-likeness (QED) is 0.277. The molecule has 184 valence electrons. The van der Waals surface area contributed by atoms with Gasteiger partial charge in [-0.25, -0.2) is 0 Å². The van der Waals surface area contributed by atoms with Gasteiger partial charge in [-0.15, -0.1) is 0 Å². The summed E-state index contributed by atoms with van der Waals surface area (Å²) in [6.07, 6.45) is 14.5. The number of rotatable bonds is 8. The van der Waals surface area contributed by atoms with E-state index in [1.165, 1.54) is 44.9 Å². The molecule has 8 atom stereocenters. The van der Waals surface area contributed by atoms with Gasteiger partial charge in [0.15, 0.2) is 0 Å². The number of hydrogen-bond donors (Lipinski definition) is 0. The first-order valence-corrected chi connectivity index (χ1v) is 13.9. The molecule has 0 aromatic heterocycles. The molecule has 0 amide bonds. The number of fused-ring (bicyclic) bond motifs is 3. The molecule has 0 aromatic carbocycles. The zero-order chi connectivity index (χ0) is 23.7. The highest BCUT2D eigenvalue weighted by atomic mass is 16.5. The second-order valence-electron chi connectivity index (χ2n) is 12.8. The number of allylic oxidation sites excluding steroid dienone is 1. The van der Waals surface area contributed by atoms with Crippen LogP contribution in [0.1, 0.15) is 120 Å². The Balaban J connectivity index is 1.70. The molecule has 0 heterocycles. The third kappa shape index (κ3) is 5.00. The number of ether oxygens (including phenoxy) is 1. The molecule has 0 spiro atoms. The third-order valence-electron chi connectivity index (χ3n) is 10.7. The Hall–Kier alpha value is -0.790. The maximum Gasteiger partial charge on any atom is 0.305 e. The Morgan fingerprint density at radius 2 is 1.84 bits per heavy atom. The van der Waals surface area contributed by atoms with E-state index in [-0.39, 0.29) is 12.1 Å². The molecule has 0 aromatic rings. The summed E-state index contributed by atoms with van der Waals surface area (Å²) in [5.41, 5.74) is 2.37. The summed E-state index contributed by atoms with van der Waals surface area (Å²) >= 11 is 0. The van der Waals surface area contributed by atoms with Crippen molar-refractivity contribution in [3.63, 3.8) is 0 Å². The lowest BCUT2D eigenvalue weighted by Crippen LogP contribution is -2.52. The van der Waals surface area contributed by atoms with Crippen molar-refractivity contribution >= 4 is 5.97 Å². The van der Waals surface area contributed by atoms with Crippen LogP contribution >= 0.6 is 0 Å². The van der Waals surface area contributed by atoms with E-state index in [1.54, 1.807) is 5.57 Å². The minimum Gasteiger partial charge on any atom is -0.462 e. The Kier molecular flexibility index (Phi) is 8.25. The molecule has 3 rings (SSSR count). The van der Waals surface area contributed by atoms with Gasteiger partial charge in [-0.3, -0.25) is 4.79 Å². The topological polar surface area (TPSA) is 26.3 Å². The highest BCUT2D eigenvalue weighted by Crippen LogP contribution is 2.63. The van der Waals surface area contributed by atoms with E-state index >= 15 is 0 Å². The van der Waals surface area contributed by atoms with Gasteiger partial charge in [0.05, 0.1) is 0 Å². The lowest BCUT2D eigenvalue weighted by atomic mass is 9.45. The first-order valence-electron chi connectivity index (χ1n) is 13.9. The van der Waals surface area contributed by atoms with Crippen LogP contribution in [0, 0.1) is 46.3 Å². The van der Waals surface area contributed by atoms with Gasteiger partial charge in [0.1, 0.15) is 6.10 Å². The van der Waals surface area contributed by atoms with E-state index in [9.17, 15) is 4.79 Å². The molecule has 0 radical (unpaired) electrons. The molecular formula is C30H52O2. The fraction of sp³-hybridized carbons (Fsp3) is 0.900. The molecular weight excluding hydrogens is 392 g/mol. The minimum atomic E-state index is -0.0357.